The Kier molecular flexibility index (Phi) is 6.42. The van der Waals surface area contributed by atoms with Gasteiger partial charge in [0.1, 0.15) is 0 Å². The van der Waals surface area contributed by atoms with Crippen molar-refractivity contribution in [2.75, 3.05) is 17.6 Å². The minimum Gasteiger partial charge on any atom is -0.352 e. The lowest BCUT2D eigenvalue weighted by Crippen LogP contribution is -2.24. The number of hydrogen-bond donors (Lipinski definition) is 2. The van der Waals surface area contributed by atoms with Crippen LogP contribution < -0.4 is 10.6 Å². The molecule has 0 saturated heterocycles. The minimum atomic E-state index is -0.0373. The van der Waals surface area contributed by atoms with E-state index in [1.54, 1.807) is 6.08 Å². The highest BCUT2D eigenvalue weighted by Gasteiger charge is 2.08. The second-order valence-corrected chi connectivity index (χ2v) is 6.63. The summed E-state index contributed by atoms with van der Waals surface area (Å²) in [5.41, 5.74) is 2.28. The Morgan fingerprint density at radius 1 is 1.36 bits per heavy atom. The number of amides is 1. The van der Waals surface area contributed by atoms with E-state index in [9.17, 15) is 4.79 Å². The SMILES string of the molecule is C=CCNC(=O)CSc1nnc(Nc2ccc(CC)cc2)s1. The Balaban J connectivity index is 1.85. The highest BCUT2D eigenvalue weighted by atomic mass is 32.2. The summed E-state index contributed by atoms with van der Waals surface area (Å²) in [6.07, 6.45) is 2.67. The van der Waals surface area contributed by atoms with Gasteiger partial charge in [-0.1, -0.05) is 48.2 Å². The summed E-state index contributed by atoms with van der Waals surface area (Å²) in [6.45, 7) is 6.16. The molecule has 0 spiro atoms. The van der Waals surface area contributed by atoms with Crippen LogP contribution >= 0.6 is 23.1 Å². The summed E-state index contributed by atoms with van der Waals surface area (Å²) in [5.74, 6) is 0.290. The first-order valence-electron chi connectivity index (χ1n) is 6.91. The van der Waals surface area contributed by atoms with Crippen molar-refractivity contribution in [2.45, 2.75) is 17.7 Å². The first-order valence-corrected chi connectivity index (χ1v) is 8.71. The van der Waals surface area contributed by atoms with Crippen molar-refractivity contribution in [3.8, 4) is 0 Å². The monoisotopic (exact) mass is 334 g/mol. The van der Waals surface area contributed by atoms with Crippen LogP contribution in [0.3, 0.4) is 0 Å². The quantitative estimate of drug-likeness (QED) is 0.573. The Labute approximate surface area is 138 Å². The van der Waals surface area contributed by atoms with Gasteiger partial charge >= 0.3 is 0 Å². The maximum atomic E-state index is 11.5. The number of nitrogens with one attached hydrogen (secondary N) is 2. The van der Waals surface area contributed by atoms with Crippen molar-refractivity contribution < 1.29 is 4.79 Å². The van der Waals surface area contributed by atoms with E-state index in [4.69, 9.17) is 0 Å². The molecule has 0 saturated carbocycles. The summed E-state index contributed by atoms with van der Waals surface area (Å²) in [6, 6.07) is 8.22. The molecule has 0 fully saturated rings. The Hall–Kier alpha value is -1.86. The van der Waals surface area contributed by atoms with Gasteiger partial charge in [0.25, 0.3) is 0 Å². The van der Waals surface area contributed by atoms with E-state index in [2.05, 4.69) is 46.5 Å². The third-order valence-electron chi connectivity index (χ3n) is 2.79. The number of hydrogen-bond acceptors (Lipinski definition) is 6. The van der Waals surface area contributed by atoms with Gasteiger partial charge in [-0.25, -0.2) is 0 Å². The van der Waals surface area contributed by atoms with Crippen LogP contribution in [-0.2, 0) is 11.2 Å². The van der Waals surface area contributed by atoms with E-state index < -0.39 is 0 Å². The molecule has 1 amide bonds. The normalized spacial score (nSPS) is 10.2. The largest absolute Gasteiger partial charge is 0.352 e. The number of nitrogens with zero attached hydrogens (tertiary/aromatic N) is 2. The third kappa shape index (κ3) is 5.16. The molecule has 0 aliphatic rings. The lowest BCUT2D eigenvalue weighted by atomic mass is 10.1. The summed E-state index contributed by atoms with van der Waals surface area (Å²) in [4.78, 5) is 11.5. The lowest BCUT2D eigenvalue weighted by molar-refractivity contribution is -0.118. The molecular formula is C15H18N4OS2. The van der Waals surface area contributed by atoms with Gasteiger partial charge in [-0.15, -0.1) is 16.8 Å². The number of anilines is 2. The molecule has 0 radical (unpaired) electrons. The van der Waals surface area contributed by atoms with Crippen LogP contribution in [0.5, 0.6) is 0 Å². The average molecular weight is 334 g/mol. The molecule has 0 bridgehead atoms. The molecule has 2 rings (SSSR count). The van der Waals surface area contributed by atoms with Crippen LogP contribution in [0.25, 0.3) is 0 Å². The highest BCUT2D eigenvalue weighted by Crippen LogP contribution is 2.27. The van der Waals surface area contributed by atoms with E-state index in [-0.39, 0.29) is 5.91 Å². The summed E-state index contributed by atoms with van der Waals surface area (Å²) in [5, 5.41) is 14.8. The molecular weight excluding hydrogens is 316 g/mol. The predicted molar refractivity (Wildman–Crippen MR) is 92.9 cm³/mol. The van der Waals surface area contributed by atoms with Gasteiger partial charge in [-0.2, -0.15) is 0 Å². The van der Waals surface area contributed by atoms with E-state index in [1.807, 2.05) is 12.1 Å². The molecule has 1 aromatic heterocycles. The molecule has 116 valence electrons. The van der Waals surface area contributed by atoms with Gasteiger partial charge in [0.05, 0.1) is 5.75 Å². The van der Waals surface area contributed by atoms with Crippen LogP contribution in [-0.4, -0.2) is 28.4 Å². The van der Waals surface area contributed by atoms with Crippen LogP contribution in [0.15, 0.2) is 41.3 Å². The fraction of sp³-hybridized carbons (Fsp3) is 0.267. The lowest BCUT2D eigenvalue weighted by Gasteiger charge is -2.02. The average Bonchev–Trinajstić information content (AvgIpc) is 2.99. The zero-order valence-corrected chi connectivity index (χ0v) is 14.0. The number of rotatable bonds is 8. The molecule has 1 aromatic carbocycles. The molecule has 0 unspecified atom stereocenters. The van der Waals surface area contributed by atoms with Crippen molar-refractivity contribution in [1.82, 2.24) is 15.5 Å². The topological polar surface area (TPSA) is 66.9 Å². The smallest absolute Gasteiger partial charge is 0.230 e. The van der Waals surface area contributed by atoms with Crippen LogP contribution in [0.4, 0.5) is 10.8 Å². The van der Waals surface area contributed by atoms with Crippen LogP contribution in [0, 0.1) is 0 Å². The zero-order valence-electron chi connectivity index (χ0n) is 12.3. The van der Waals surface area contributed by atoms with Crippen molar-refractivity contribution in [3.63, 3.8) is 0 Å². The van der Waals surface area contributed by atoms with Crippen LogP contribution in [0.1, 0.15) is 12.5 Å². The first-order chi connectivity index (χ1) is 10.7. The fourth-order valence-corrected chi connectivity index (χ4v) is 3.23. The van der Waals surface area contributed by atoms with Gasteiger partial charge in [-0.05, 0) is 24.1 Å². The van der Waals surface area contributed by atoms with Gasteiger partial charge in [0, 0.05) is 12.2 Å². The van der Waals surface area contributed by atoms with E-state index in [0.717, 1.165) is 21.6 Å². The van der Waals surface area contributed by atoms with Gasteiger partial charge < -0.3 is 10.6 Å². The number of aryl methyl sites for hydroxylation is 1. The molecule has 22 heavy (non-hydrogen) atoms. The molecule has 1 heterocycles. The Morgan fingerprint density at radius 2 is 2.14 bits per heavy atom. The summed E-state index contributed by atoms with van der Waals surface area (Å²) >= 11 is 2.81. The number of carbonyl (C=O) groups excluding carboxylic acids is 1. The van der Waals surface area contributed by atoms with Gasteiger partial charge in [0.15, 0.2) is 4.34 Å². The number of thioether (sulfide) groups is 1. The van der Waals surface area contributed by atoms with Crippen molar-refractivity contribution in [1.29, 1.82) is 0 Å². The summed E-state index contributed by atoms with van der Waals surface area (Å²) < 4.78 is 0.765. The van der Waals surface area contributed by atoms with E-state index in [1.165, 1.54) is 28.7 Å². The first kappa shape index (κ1) is 16.5. The zero-order chi connectivity index (χ0) is 15.8. The molecule has 2 N–H and O–H groups in total. The molecule has 0 aliphatic heterocycles. The fourth-order valence-electron chi connectivity index (χ4n) is 1.63. The predicted octanol–water partition coefficient (Wildman–Crippen LogP) is 3.24. The van der Waals surface area contributed by atoms with Gasteiger partial charge in [0.2, 0.25) is 11.0 Å². The standard InChI is InChI=1S/C15H18N4OS2/c1-3-9-16-13(20)10-21-15-19-18-14(22-15)17-12-7-5-11(4-2)6-8-12/h3,5-8H,1,4,9-10H2,2H3,(H,16,20)(H,17,18). The van der Waals surface area contributed by atoms with E-state index in [0.29, 0.717) is 12.3 Å². The maximum absolute atomic E-state index is 11.5. The molecule has 5 nitrogen and oxygen atoms in total. The second-order valence-electron chi connectivity index (χ2n) is 4.43. The minimum absolute atomic E-state index is 0.0373. The van der Waals surface area contributed by atoms with Crippen LogP contribution in [0.2, 0.25) is 0 Å². The van der Waals surface area contributed by atoms with Gasteiger partial charge in [-0.3, -0.25) is 4.79 Å². The third-order valence-corrected chi connectivity index (χ3v) is 4.76. The number of aromatic nitrogens is 2. The molecule has 0 aliphatic carbocycles. The second kappa shape index (κ2) is 8.55. The van der Waals surface area contributed by atoms with Crippen molar-refractivity contribution >= 4 is 39.8 Å². The van der Waals surface area contributed by atoms with E-state index >= 15 is 0 Å². The Morgan fingerprint density at radius 3 is 2.82 bits per heavy atom. The number of carbonyl (C=O) groups is 1. The molecule has 2 aromatic rings. The molecule has 7 heteroatoms. The number of benzene rings is 1. The maximum Gasteiger partial charge on any atom is 0.230 e. The van der Waals surface area contributed by atoms with Crippen molar-refractivity contribution in [3.05, 3.63) is 42.5 Å². The highest BCUT2D eigenvalue weighted by molar-refractivity contribution is 8.01. The van der Waals surface area contributed by atoms with Crippen molar-refractivity contribution in [2.24, 2.45) is 0 Å². The Bertz CT molecular complexity index is 625. The molecule has 0 atom stereocenters. The summed E-state index contributed by atoms with van der Waals surface area (Å²) in [7, 11) is 0.